The molecule has 0 unspecified atom stereocenters. The average Bonchev–Trinajstić information content (AvgIpc) is 3.26. The first kappa shape index (κ1) is 27.3. The number of H-pyrrole nitrogens is 1. The number of nitrogens with zero attached hydrogens (tertiary/aromatic N) is 2. The zero-order valence-electron chi connectivity index (χ0n) is 21.5. The van der Waals surface area contributed by atoms with Crippen molar-refractivity contribution in [2.24, 2.45) is 10.7 Å². The summed E-state index contributed by atoms with van der Waals surface area (Å²) >= 11 is 0. The second-order valence-electron chi connectivity index (χ2n) is 8.41. The van der Waals surface area contributed by atoms with Crippen molar-refractivity contribution in [1.29, 1.82) is 0 Å². The summed E-state index contributed by atoms with van der Waals surface area (Å²) < 4.78 is 24.6. The molecule has 0 aliphatic rings. The third-order valence-corrected chi connectivity index (χ3v) is 8.09. The highest BCUT2D eigenvalue weighted by Gasteiger charge is 2.28. The van der Waals surface area contributed by atoms with Crippen LogP contribution in [-0.2, 0) is 18.4 Å². The number of benzene rings is 3. The van der Waals surface area contributed by atoms with Gasteiger partial charge in [-0.1, -0.05) is 30.3 Å². The molecule has 38 heavy (non-hydrogen) atoms. The second kappa shape index (κ2) is 11.8. The Kier molecular flexibility index (Phi) is 8.44. The minimum absolute atomic E-state index is 0.0766. The summed E-state index contributed by atoms with van der Waals surface area (Å²) in [6.07, 6.45) is 0. The largest absolute Gasteiger partial charge is 0.494 e. The highest BCUT2D eigenvalue weighted by atomic mass is 31.2. The van der Waals surface area contributed by atoms with Crippen LogP contribution in [0.4, 0.5) is 11.4 Å². The summed E-state index contributed by atoms with van der Waals surface area (Å²) in [4.78, 5) is 21.3. The van der Waals surface area contributed by atoms with E-state index in [2.05, 4.69) is 4.98 Å². The highest BCUT2D eigenvalue weighted by molar-refractivity contribution is 7.62. The van der Waals surface area contributed by atoms with Crippen molar-refractivity contribution in [3.8, 4) is 5.88 Å². The Labute approximate surface area is 221 Å². The van der Waals surface area contributed by atoms with Crippen LogP contribution in [0.3, 0.4) is 0 Å². The van der Waals surface area contributed by atoms with E-state index in [4.69, 9.17) is 19.8 Å². The molecule has 1 amide bonds. The highest BCUT2D eigenvalue weighted by Crippen LogP contribution is 2.47. The number of anilines is 1. The normalized spacial score (nSPS) is 12.2. The van der Waals surface area contributed by atoms with Gasteiger partial charge >= 0.3 is 7.60 Å². The molecule has 1 aromatic heterocycles. The van der Waals surface area contributed by atoms with Crippen LogP contribution < -0.4 is 15.9 Å². The number of aromatic nitrogens is 1. The van der Waals surface area contributed by atoms with Gasteiger partial charge in [0, 0.05) is 29.2 Å². The van der Waals surface area contributed by atoms with Crippen molar-refractivity contribution >= 4 is 46.8 Å². The number of rotatable bonds is 10. The number of aromatic amines is 1. The molecular weight excluding hydrogens is 503 g/mol. The van der Waals surface area contributed by atoms with Crippen molar-refractivity contribution in [1.82, 2.24) is 4.98 Å². The molecule has 4 aromatic rings. The van der Waals surface area contributed by atoms with E-state index in [-0.39, 0.29) is 31.5 Å². The monoisotopic (exact) mass is 534 g/mol. The van der Waals surface area contributed by atoms with Gasteiger partial charge in [-0.3, -0.25) is 9.36 Å². The number of carbonyl (C=O) groups excluding carboxylic acids is 1. The molecular formula is C28H31N4O5P. The summed E-state index contributed by atoms with van der Waals surface area (Å²) in [5, 5.41) is 12.0. The fraction of sp³-hybridized carbons (Fsp3) is 0.214. The first-order chi connectivity index (χ1) is 18.3. The lowest BCUT2D eigenvalue weighted by Gasteiger charge is -2.17. The van der Waals surface area contributed by atoms with Gasteiger partial charge in [-0.15, -0.1) is 0 Å². The number of amides is 1. The molecule has 0 saturated heterocycles. The third kappa shape index (κ3) is 5.56. The first-order valence-corrected chi connectivity index (χ1v) is 13.8. The van der Waals surface area contributed by atoms with Crippen molar-refractivity contribution < 1.29 is 23.5 Å². The van der Waals surface area contributed by atoms with Crippen LogP contribution in [0.15, 0.2) is 77.8 Å². The number of nitrogens with two attached hydrogens (primary N) is 1. The third-order valence-electron chi connectivity index (χ3n) is 5.99. The molecule has 198 valence electrons. The van der Waals surface area contributed by atoms with Crippen LogP contribution in [-0.4, -0.2) is 48.5 Å². The number of aromatic hydroxyl groups is 1. The van der Waals surface area contributed by atoms with Gasteiger partial charge in [-0.25, -0.2) is 4.99 Å². The Bertz CT molecular complexity index is 1490. The lowest BCUT2D eigenvalue weighted by molar-refractivity contribution is -0.117. The molecule has 0 radical (unpaired) electrons. The first-order valence-electron chi connectivity index (χ1n) is 12.3. The van der Waals surface area contributed by atoms with E-state index in [1.807, 2.05) is 30.3 Å². The van der Waals surface area contributed by atoms with Crippen LogP contribution in [0.2, 0.25) is 0 Å². The van der Waals surface area contributed by atoms with Gasteiger partial charge in [0.15, 0.2) is 5.88 Å². The number of nitrogens with one attached hydrogen (secondary N) is 1. The Morgan fingerprint density at radius 1 is 1.03 bits per heavy atom. The zero-order valence-corrected chi connectivity index (χ0v) is 22.4. The average molecular weight is 535 g/mol. The van der Waals surface area contributed by atoms with Crippen LogP contribution >= 0.6 is 7.60 Å². The predicted octanol–water partition coefficient (Wildman–Crippen LogP) is 4.86. The lowest BCUT2D eigenvalue weighted by atomic mass is 10.0. The summed E-state index contributed by atoms with van der Waals surface area (Å²) in [5.41, 5.74) is 9.15. The Hall–Kier alpha value is -3.75. The summed E-state index contributed by atoms with van der Waals surface area (Å²) in [6.45, 7) is 3.87. The molecule has 0 aliphatic carbocycles. The Balaban J connectivity index is 1.88. The Morgan fingerprint density at radius 3 is 2.29 bits per heavy atom. The van der Waals surface area contributed by atoms with Crippen molar-refractivity contribution in [2.45, 2.75) is 13.8 Å². The maximum atomic E-state index is 13.5. The number of carbonyl (C=O) groups is 1. The molecule has 0 aliphatic heterocycles. The van der Waals surface area contributed by atoms with Crippen molar-refractivity contribution in [3.63, 3.8) is 0 Å². The summed E-state index contributed by atoms with van der Waals surface area (Å²) in [5.74, 6) is -0.283. The minimum atomic E-state index is -3.56. The SMILES string of the molecule is CCOP(=O)(OCC)c1ccc2[nH]c(O)c(C(=Nc3ccc(N(C)C(=O)CN)cc3)c3ccccc3)c2c1. The smallest absolute Gasteiger partial charge is 0.361 e. The van der Waals surface area contributed by atoms with Crippen molar-refractivity contribution in [3.05, 3.63) is 83.9 Å². The molecule has 0 fully saturated rings. The molecule has 0 atom stereocenters. The topological polar surface area (TPSA) is 130 Å². The molecule has 4 N–H and O–H groups in total. The number of aliphatic imine (C=N–C) groups is 1. The van der Waals surface area contributed by atoms with E-state index in [1.165, 1.54) is 4.90 Å². The van der Waals surface area contributed by atoms with Crippen LogP contribution in [0, 0.1) is 0 Å². The molecule has 0 spiro atoms. The number of hydrogen-bond acceptors (Lipinski definition) is 7. The lowest BCUT2D eigenvalue weighted by Crippen LogP contribution is -2.32. The van der Waals surface area contributed by atoms with Gasteiger partial charge in [-0.05, 0) is 56.3 Å². The summed E-state index contributed by atoms with van der Waals surface area (Å²) in [7, 11) is -1.90. The molecule has 0 bridgehead atoms. The molecule has 0 saturated carbocycles. The predicted molar refractivity (Wildman–Crippen MR) is 151 cm³/mol. The quantitative estimate of drug-likeness (QED) is 0.197. The minimum Gasteiger partial charge on any atom is -0.494 e. The van der Waals surface area contributed by atoms with Gasteiger partial charge < -0.3 is 29.8 Å². The van der Waals surface area contributed by atoms with Gasteiger partial charge in [0.05, 0.1) is 42.0 Å². The fourth-order valence-electron chi connectivity index (χ4n) is 4.12. The van der Waals surface area contributed by atoms with Crippen molar-refractivity contribution in [2.75, 3.05) is 31.7 Å². The second-order valence-corrected chi connectivity index (χ2v) is 10.4. The van der Waals surface area contributed by atoms with Gasteiger partial charge in [0.2, 0.25) is 5.91 Å². The van der Waals surface area contributed by atoms with Gasteiger partial charge in [-0.2, -0.15) is 0 Å². The Morgan fingerprint density at radius 2 is 1.68 bits per heavy atom. The molecule has 4 rings (SSSR count). The summed E-state index contributed by atoms with van der Waals surface area (Å²) in [6, 6.07) is 21.7. The standard InChI is InChI=1S/C28H31N4O5P/c1-4-36-38(35,37-5-2)22-15-16-24-23(17-22)26(28(34)31-24)27(19-9-7-6-8-10-19)30-20-11-13-21(14-12-20)32(3)25(33)18-29/h6-17,31,34H,4-5,18,29H2,1-3H3. The van der Waals surface area contributed by atoms with Crippen LogP contribution in [0.25, 0.3) is 10.9 Å². The van der Waals surface area contributed by atoms with Crippen LogP contribution in [0.1, 0.15) is 25.0 Å². The molecule has 3 aromatic carbocycles. The van der Waals surface area contributed by atoms with E-state index in [9.17, 15) is 14.5 Å². The maximum absolute atomic E-state index is 13.5. The van der Waals surface area contributed by atoms with Gasteiger partial charge in [0.25, 0.3) is 0 Å². The number of fused-ring (bicyclic) bond motifs is 1. The number of hydrogen-bond donors (Lipinski definition) is 3. The molecule has 10 heteroatoms. The zero-order chi connectivity index (χ0) is 27.3. The van der Waals surface area contributed by atoms with E-state index in [0.717, 1.165) is 5.56 Å². The van der Waals surface area contributed by atoms with E-state index in [0.29, 0.717) is 38.9 Å². The maximum Gasteiger partial charge on any atom is 0.361 e. The van der Waals surface area contributed by atoms with Crippen LogP contribution in [0.5, 0.6) is 5.88 Å². The fourth-order valence-corrected chi connectivity index (χ4v) is 5.72. The van der Waals surface area contributed by atoms with Gasteiger partial charge in [0.1, 0.15) is 0 Å². The molecule has 9 nitrogen and oxygen atoms in total. The number of likely N-dealkylation sites (N-methyl/N-ethyl adjacent to an activating group) is 1. The van der Waals surface area contributed by atoms with E-state index < -0.39 is 7.60 Å². The van der Waals surface area contributed by atoms with E-state index >= 15 is 0 Å². The van der Waals surface area contributed by atoms with E-state index in [1.54, 1.807) is 63.4 Å². The molecule has 1 heterocycles.